The smallest absolute Gasteiger partial charge is 0.337 e. The molecule has 1 atom stereocenters. The maximum absolute atomic E-state index is 14.8. The number of aromatic nitrogens is 1. The Morgan fingerprint density at radius 3 is 2.71 bits per heavy atom. The van der Waals surface area contributed by atoms with Crippen LogP contribution in [0, 0.1) is 12.7 Å². The fourth-order valence-electron chi connectivity index (χ4n) is 4.87. The van der Waals surface area contributed by atoms with E-state index in [9.17, 15) is 14.3 Å². The molecule has 5 rings (SSSR count). The van der Waals surface area contributed by atoms with Crippen molar-refractivity contribution in [2.24, 2.45) is 0 Å². The van der Waals surface area contributed by atoms with E-state index < -0.39 is 23.5 Å². The molecular formula is C28H25ClFNO4. The van der Waals surface area contributed by atoms with Crippen LogP contribution >= 0.6 is 11.6 Å². The molecule has 4 aromatic rings. The van der Waals surface area contributed by atoms with E-state index in [0.717, 1.165) is 23.1 Å². The number of carboxylic acids is 1. The van der Waals surface area contributed by atoms with Crippen LogP contribution in [-0.2, 0) is 16.0 Å². The van der Waals surface area contributed by atoms with Gasteiger partial charge in [0.25, 0.3) is 0 Å². The zero-order valence-electron chi connectivity index (χ0n) is 19.9. The molecule has 1 N–H and O–H groups in total. The van der Waals surface area contributed by atoms with Gasteiger partial charge in [-0.2, -0.15) is 0 Å². The van der Waals surface area contributed by atoms with Gasteiger partial charge in [-0.15, -0.1) is 0 Å². The number of carboxylic acid groups (broad SMARTS) is 1. The number of hydrogen-bond acceptors (Lipinski definition) is 4. The lowest BCUT2D eigenvalue weighted by atomic mass is 9.85. The van der Waals surface area contributed by atoms with Crippen LogP contribution in [0.25, 0.3) is 32.8 Å². The summed E-state index contributed by atoms with van der Waals surface area (Å²) >= 11 is 6.12. The van der Waals surface area contributed by atoms with Gasteiger partial charge in [-0.1, -0.05) is 17.7 Å². The fourth-order valence-corrected chi connectivity index (χ4v) is 5.04. The highest BCUT2D eigenvalue weighted by Crippen LogP contribution is 2.45. The minimum Gasteiger partial charge on any atom is -0.493 e. The van der Waals surface area contributed by atoms with Gasteiger partial charge in [-0.25, -0.2) is 9.18 Å². The van der Waals surface area contributed by atoms with E-state index in [2.05, 4.69) is 4.98 Å². The Morgan fingerprint density at radius 2 is 2.00 bits per heavy atom. The van der Waals surface area contributed by atoms with E-state index in [1.165, 1.54) is 6.07 Å². The molecule has 2 heterocycles. The lowest BCUT2D eigenvalue weighted by molar-refractivity contribution is -0.160. The van der Waals surface area contributed by atoms with Gasteiger partial charge < -0.3 is 14.6 Å². The number of aliphatic carboxylic acids is 1. The highest BCUT2D eigenvalue weighted by molar-refractivity contribution is 6.31. The summed E-state index contributed by atoms with van der Waals surface area (Å²) in [7, 11) is 0. The molecule has 0 amide bonds. The van der Waals surface area contributed by atoms with E-state index in [-0.39, 0.29) is 5.02 Å². The van der Waals surface area contributed by atoms with Crippen LogP contribution in [0.5, 0.6) is 5.75 Å². The Bertz CT molecular complexity index is 1500. The summed E-state index contributed by atoms with van der Waals surface area (Å²) in [5.74, 6) is -0.985. The molecule has 1 aliphatic rings. The summed E-state index contributed by atoms with van der Waals surface area (Å²) in [5, 5.41) is 12.4. The predicted molar refractivity (Wildman–Crippen MR) is 135 cm³/mol. The van der Waals surface area contributed by atoms with E-state index in [4.69, 9.17) is 21.1 Å². The number of halogens is 2. The van der Waals surface area contributed by atoms with Gasteiger partial charge in [0.2, 0.25) is 0 Å². The van der Waals surface area contributed by atoms with Gasteiger partial charge in [0.05, 0.1) is 22.7 Å². The van der Waals surface area contributed by atoms with Crippen LogP contribution in [0.1, 0.15) is 43.6 Å². The molecule has 0 aliphatic carbocycles. The second-order valence-electron chi connectivity index (χ2n) is 9.82. The first-order valence-corrected chi connectivity index (χ1v) is 11.8. The molecule has 0 unspecified atom stereocenters. The number of benzene rings is 3. The summed E-state index contributed by atoms with van der Waals surface area (Å²) in [4.78, 5) is 17.2. The zero-order valence-corrected chi connectivity index (χ0v) is 20.7. The quantitative estimate of drug-likeness (QED) is 0.330. The van der Waals surface area contributed by atoms with Gasteiger partial charge >= 0.3 is 5.97 Å². The zero-order chi connectivity index (χ0) is 25.1. The van der Waals surface area contributed by atoms with Gasteiger partial charge in [-0.3, -0.25) is 4.98 Å². The molecule has 1 aromatic heterocycles. The summed E-state index contributed by atoms with van der Waals surface area (Å²) in [5.41, 5.74) is 3.44. The minimum atomic E-state index is -1.28. The number of ether oxygens (including phenoxy) is 2. The van der Waals surface area contributed by atoms with Crippen LogP contribution in [-0.4, -0.2) is 28.3 Å². The molecule has 7 heteroatoms. The van der Waals surface area contributed by atoms with E-state index in [1.54, 1.807) is 33.0 Å². The Balaban J connectivity index is 1.94. The first kappa shape index (κ1) is 23.5. The maximum Gasteiger partial charge on any atom is 0.337 e. The maximum atomic E-state index is 14.8. The molecule has 0 saturated carbocycles. The number of nitrogens with zero attached hydrogens (tertiary/aromatic N) is 1. The first-order valence-electron chi connectivity index (χ1n) is 11.4. The van der Waals surface area contributed by atoms with Gasteiger partial charge in [0.1, 0.15) is 11.6 Å². The minimum absolute atomic E-state index is 0.000234. The normalized spacial score (nSPS) is 14.2. The van der Waals surface area contributed by atoms with Crippen LogP contribution in [0.4, 0.5) is 4.39 Å². The first-order chi connectivity index (χ1) is 16.5. The van der Waals surface area contributed by atoms with E-state index >= 15 is 0 Å². The van der Waals surface area contributed by atoms with Crippen LogP contribution in [0.3, 0.4) is 0 Å². The summed E-state index contributed by atoms with van der Waals surface area (Å²) in [6.45, 7) is 7.83. The number of pyridine rings is 1. The number of carbonyl (C=O) groups is 1. The second kappa shape index (κ2) is 8.47. The van der Waals surface area contributed by atoms with E-state index in [1.807, 2.05) is 31.2 Å². The topological polar surface area (TPSA) is 68.7 Å². The highest BCUT2D eigenvalue weighted by Gasteiger charge is 2.32. The molecule has 180 valence electrons. The molecule has 35 heavy (non-hydrogen) atoms. The molecule has 0 spiro atoms. The molecule has 0 radical (unpaired) electrons. The highest BCUT2D eigenvalue weighted by atomic mass is 35.5. The van der Waals surface area contributed by atoms with Crippen molar-refractivity contribution in [3.05, 3.63) is 70.1 Å². The van der Waals surface area contributed by atoms with Gasteiger partial charge in [0, 0.05) is 29.1 Å². The monoisotopic (exact) mass is 493 g/mol. The summed E-state index contributed by atoms with van der Waals surface area (Å²) in [6.07, 6.45) is 1.20. The van der Waals surface area contributed by atoms with Crippen molar-refractivity contribution in [3.8, 4) is 16.9 Å². The molecule has 0 saturated heterocycles. The van der Waals surface area contributed by atoms with Crippen molar-refractivity contribution in [1.29, 1.82) is 0 Å². The average molecular weight is 494 g/mol. The van der Waals surface area contributed by atoms with E-state index in [0.29, 0.717) is 45.1 Å². The molecule has 5 nitrogen and oxygen atoms in total. The third-order valence-electron chi connectivity index (χ3n) is 6.22. The Morgan fingerprint density at radius 1 is 1.23 bits per heavy atom. The van der Waals surface area contributed by atoms with Crippen molar-refractivity contribution >= 4 is 39.2 Å². The Hall–Kier alpha value is -3.22. The fraction of sp³-hybridized carbons (Fsp3) is 0.286. The number of hydrogen-bond donors (Lipinski definition) is 1. The molecule has 1 aliphatic heterocycles. The number of rotatable bonds is 4. The predicted octanol–water partition coefficient (Wildman–Crippen LogP) is 7.03. The molecular weight excluding hydrogens is 469 g/mol. The second-order valence-corrected chi connectivity index (χ2v) is 10.2. The summed E-state index contributed by atoms with van der Waals surface area (Å²) in [6, 6.07) is 10.4. The molecule has 0 fully saturated rings. The Labute approximate surface area is 207 Å². The average Bonchev–Trinajstić information content (AvgIpc) is 2.78. The number of aryl methyl sites for hydroxylation is 1. The largest absolute Gasteiger partial charge is 0.493 e. The number of fused-ring (bicyclic) bond motifs is 1. The molecule has 0 bridgehead atoms. The Kier molecular flexibility index (Phi) is 5.69. The summed E-state index contributed by atoms with van der Waals surface area (Å²) < 4.78 is 26.7. The molecule has 3 aromatic carbocycles. The van der Waals surface area contributed by atoms with Crippen molar-refractivity contribution in [2.45, 2.75) is 45.8 Å². The van der Waals surface area contributed by atoms with Crippen molar-refractivity contribution < 1.29 is 23.8 Å². The van der Waals surface area contributed by atoms with Crippen LogP contribution in [0.15, 0.2) is 42.6 Å². The lowest BCUT2D eigenvalue weighted by Gasteiger charge is -2.29. The van der Waals surface area contributed by atoms with Gasteiger partial charge in [-0.05, 0) is 85.5 Å². The van der Waals surface area contributed by atoms with Crippen LogP contribution < -0.4 is 4.74 Å². The lowest BCUT2D eigenvalue weighted by Crippen LogP contribution is -2.28. The standard InChI is InChI=1S/C28H25ClFNO4/c1-14-11-16-12-19(29)20(30)13-18(16)24(22(14)26(27(32)33)35-28(2,3)4)17-5-6-21-23-15(8-10-34-21)7-9-31-25(17)23/h5-7,9,11-13,26H,8,10H2,1-4H3,(H,32,33)/t26-/m1/s1. The van der Waals surface area contributed by atoms with Crippen LogP contribution in [0.2, 0.25) is 5.02 Å². The van der Waals surface area contributed by atoms with Crippen molar-refractivity contribution in [1.82, 2.24) is 4.98 Å². The third-order valence-corrected chi connectivity index (χ3v) is 6.51. The van der Waals surface area contributed by atoms with Crippen molar-refractivity contribution in [2.75, 3.05) is 6.61 Å². The third kappa shape index (κ3) is 4.11. The van der Waals surface area contributed by atoms with Crippen molar-refractivity contribution in [3.63, 3.8) is 0 Å². The SMILES string of the molecule is Cc1cc2cc(Cl)c(F)cc2c(-c2ccc3c4c(ccnc24)CCO3)c1[C@@H](OC(C)(C)C)C(=O)O. The van der Waals surface area contributed by atoms with Gasteiger partial charge in [0.15, 0.2) is 6.10 Å².